The first-order valence-corrected chi connectivity index (χ1v) is 16.0. The number of nitrogens with zero attached hydrogens (tertiary/aromatic N) is 2. The van der Waals surface area contributed by atoms with Gasteiger partial charge < -0.3 is 25.8 Å². The number of likely N-dealkylation sites (N-methyl/N-ethyl adjacent to an activating group) is 1. The first-order chi connectivity index (χ1) is 21.0. The monoisotopic (exact) mass is 601 g/mol. The molecule has 9 heteroatoms. The molecule has 0 spiro atoms. The molecule has 1 fully saturated rings. The van der Waals surface area contributed by atoms with E-state index in [9.17, 15) is 19.2 Å². The topological polar surface area (TPSA) is 111 Å². The lowest BCUT2D eigenvalue weighted by molar-refractivity contribution is -0.144. The highest BCUT2D eigenvalue weighted by atomic mass is 16.2. The molecule has 2 aromatic rings. The van der Waals surface area contributed by atoms with Crippen LogP contribution in [0.4, 0.5) is 0 Å². The van der Waals surface area contributed by atoms with Crippen LogP contribution in [-0.4, -0.2) is 72.2 Å². The number of carbonyl (C=O) groups excluding carboxylic acids is 4. The van der Waals surface area contributed by atoms with Gasteiger partial charge in [0.15, 0.2) is 0 Å². The van der Waals surface area contributed by atoms with Crippen molar-refractivity contribution in [2.24, 2.45) is 5.41 Å². The molecule has 0 bridgehead atoms. The van der Waals surface area contributed by atoms with E-state index < -0.39 is 17.5 Å². The second-order valence-electron chi connectivity index (χ2n) is 13.8. The SMILES string of the molecule is CNCC(=O)NC(C(=O)N1CC(c2ccc3c(c2)CN(C=O)[C@H](C)C3)C[C@H]1C(=O)NC1CCCc2ccccc21)C(C)(C)C. The summed E-state index contributed by atoms with van der Waals surface area (Å²) < 4.78 is 0. The van der Waals surface area contributed by atoms with E-state index in [2.05, 4.69) is 53.2 Å². The van der Waals surface area contributed by atoms with E-state index in [1.165, 1.54) is 11.1 Å². The third-order valence-corrected chi connectivity index (χ3v) is 9.60. The Morgan fingerprint density at radius 1 is 1.07 bits per heavy atom. The zero-order chi connectivity index (χ0) is 31.6. The standard InChI is InChI=1S/C35H47N5O4/c1-22-15-24-13-14-25(16-26(24)19-39(22)21-41)27-17-30(33(43)37-29-12-8-10-23-9-6-7-11-28(23)29)40(20-27)34(44)32(35(2,3)4)38-31(42)18-36-5/h6-7,9,11,13-14,16,21-22,27,29-30,32,36H,8,10,12,15,17-20H2,1-5H3,(H,37,43)(H,38,42)/t22-,27?,29?,30+,32?/m1/s1. The van der Waals surface area contributed by atoms with Crippen molar-refractivity contribution in [3.8, 4) is 0 Å². The van der Waals surface area contributed by atoms with Gasteiger partial charge in [-0.25, -0.2) is 0 Å². The fourth-order valence-electron chi connectivity index (χ4n) is 7.10. The molecule has 9 nitrogen and oxygen atoms in total. The van der Waals surface area contributed by atoms with Gasteiger partial charge in [0.1, 0.15) is 12.1 Å². The summed E-state index contributed by atoms with van der Waals surface area (Å²) >= 11 is 0. The van der Waals surface area contributed by atoms with Crippen LogP contribution in [0.5, 0.6) is 0 Å². The third-order valence-electron chi connectivity index (χ3n) is 9.60. The van der Waals surface area contributed by atoms with Crippen molar-refractivity contribution in [1.29, 1.82) is 0 Å². The Morgan fingerprint density at radius 3 is 2.57 bits per heavy atom. The minimum absolute atomic E-state index is 0.0590. The van der Waals surface area contributed by atoms with Gasteiger partial charge in [0.2, 0.25) is 24.1 Å². The molecule has 2 heterocycles. The second-order valence-corrected chi connectivity index (χ2v) is 13.8. The number of aryl methyl sites for hydroxylation is 1. The predicted octanol–water partition coefficient (Wildman–Crippen LogP) is 3.22. The van der Waals surface area contributed by atoms with E-state index in [0.717, 1.165) is 48.8 Å². The highest BCUT2D eigenvalue weighted by Crippen LogP contribution is 2.37. The number of fused-ring (bicyclic) bond motifs is 2. The predicted molar refractivity (Wildman–Crippen MR) is 170 cm³/mol. The van der Waals surface area contributed by atoms with Gasteiger partial charge in [-0.15, -0.1) is 0 Å². The van der Waals surface area contributed by atoms with Crippen LogP contribution in [0, 0.1) is 5.41 Å². The van der Waals surface area contributed by atoms with Crippen molar-refractivity contribution in [1.82, 2.24) is 25.8 Å². The van der Waals surface area contributed by atoms with E-state index in [0.29, 0.717) is 19.5 Å². The molecule has 0 aromatic heterocycles. The van der Waals surface area contributed by atoms with Gasteiger partial charge in [-0.1, -0.05) is 63.2 Å². The smallest absolute Gasteiger partial charge is 0.246 e. The fourth-order valence-corrected chi connectivity index (χ4v) is 7.10. The molecule has 0 radical (unpaired) electrons. The van der Waals surface area contributed by atoms with Gasteiger partial charge >= 0.3 is 0 Å². The fraction of sp³-hybridized carbons (Fsp3) is 0.543. The van der Waals surface area contributed by atoms with Crippen LogP contribution in [0.15, 0.2) is 42.5 Å². The van der Waals surface area contributed by atoms with Crippen molar-refractivity contribution in [3.05, 3.63) is 70.3 Å². The molecule has 0 saturated carbocycles. The highest BCUT2D eigenvalue weighted by molar-refractivity contribution is 5.93. The summed E-state index contributed by atoms with van der Waals surface area (Å²) in [6, 6.07) is 13.2. The Hall–Kier alpha value is -3.72. The molecule has 5 atom stereocenters. The van der Waals surface area contributed by atoms with Crippen LogP contribution < -0.4 is 16.0 Å². The van der Waals surface area contributed by atoms with Crippen LogP contribution in [0.25, 0.3) is 0 Å². The molecule has 1 saturated heterocycles. The first kappa shape index (κ1) is 31.7. The molecular weight excluding hydrogens is 554 g/mol. The van der Waals surface area contributed by atoms with Crippen LogP contribution in [-0.2, 0) is 38.6 Å². The Balaban J connectivity index is 1.44. The maximum atomic E-state index is 14.3. The van der Waals surface area contributed by atoms with Crippen molar-refractivity contribution < 1.29 is 19.2 Å². The number of nitrogens with one attached hydrogen (secondary N) is 3. The van der Waals surface area contributed by atoms with E-state index >= 15 is 0 Å². The van der Waals surface area contributed by atoms with Crippen molar-refractivity contribution in [3.63, 3.8) is 0 Å². The van der Waals surface area contributed by atoms with E-state index in [1.54, 1.807) is 11.9 Å². The number of rotatable bonds is 8. The van der Waals surface area contributed by atoms with Gasteiger partial charge in [-0.05, 0) is 79.3 Å². The molecule has 2 aliphatic heterocycles. The second kappa shape index (κ2) is 13.1. The summed E-state index contributed by atoms with van der Waals surface area (Å²) in [5.41, 5.74) is 5.25. The number of hydrogen-bond acceptors (Lipinski definition) is 5. The summed E-state index contributed by atoms with van der Waals surface area (Å²) in [5.74, 6) is -0.723. The van der Waals surface area contributed by atoms with Gasteiger partial charge in [-0.3, -0.25) is 19.2 Å². The van der Waals surface area contributed by atoms with Gasteiger partial charge in [-0.2, -0.15) is 0 Å². The van der Waals surface area contributed by atoms with Crippen LogP contribution >= 0.6 is 0 Å². The molecule has 3 aliphatic rings. The highest BCUT2D eigenvalue weighted by Gasteiger charge is 2.45. The van der Waals surface area contributed by atoms with Crippen molar-refractivity contribution >= 4 is 24.1 Å². The zero-order valence-electron chi connectivity index (χ0n) is 26.7. The van der Waals surface area contributed by atoms with Gasteiger partial charge in [0.05, 0.1) is 12.6 Å². The third kappa shape index (κ3) is 6.67. The molecule has 3 N–H and O–H groups in total. The summed E-state index contributed by atoms with van der Waals surface area (Å²) in [7, 11) is 1.69. The Kier molecular flexibility index (Phi) is 9.44. The molecule has 3 unspecified atom stereocenters. The summed E-state index contributed by atoms with van der Waals surface area (Å²) in [5, 5.41) is 9.09. The number of likely N-dealkylation sites (tertiary alicyclic amines) is 1. The van der Waals surface area contributed by atoms with E-state index in [4.69, 9.17) is 0 Å². The molecule has 44 heavy (non-hydrogen) atoms. The van der Waals surface area contributed by atoms with Gasteiger partial charge in [0.25, 0.3) is 0 Å². The molecule has 4 amide bonds. The summed E-state index contributed by atoms with van der Waals surface area (Å²) in [4.78, 5) is 56.3. The number of carbonyl (C=O) groups is 4. The van der Waals surface area contributed by atoms with Crippen molar-refractivity contribution in [2.75, 3.05) is 20.1 Å². The minimum atomic E-state index is -0.793. The maximum absolute atomic E-state index is 14.3. The quantitative estimate of drug-likeness (QED) is 0.403. The molecule has 5 rings (SSSR count). The van der Waals surface area contributed by atoms with Crippen LogP contribution in [0.3, 0.4) is 0 Å². The molecule has 236 valence electrons. The lowest BCUT2D eigenvalue weighted by atomic mass is 9.85. The number of benzene rings is 2. The Bertz CT molecular complexity index is 1400. The lowest BCUT2D eigenvalue weighted by Gasteiger charge is -2.36. The van der Waals surface area contributed by atoms with Crippen molar-refractivity contribution in [2.45, 2.75) is 96.4 Å². The maximum Gasteiger partial charge on any atom is 0.246 e. The Labute approximate surface area is 261 Å². The van der Waals surface area contributed by atoms with E-state index in [1.807, 2.05) is 37.8 Å². The van der Waals surface area contributed by atoms with Gasteiger partial charge in [0, 0.05) is 25.0 Å². The minimum Gasteiger partial charge on any atom is -0.347 e. The van der Waals surface area contributed by atoms with Crippen LogP contribution in [0.2, 0.25) is 0 Å². The van der Waals surface area contributed by atoms with E-state index in [-0.39, 0.29) is 42.3 Å². The zero-order valence-corrected chi connectivity index (χ0v) is 26.7. The molecule has 2 aromatic carbocycles. The average molecular weight is 602 g/mol. The molecular formula is C35H47N5O4. The van der Waals surface area contributed by atoms with Crippen LogP contribution in [0.1, 0.15) is 86.7 Å². The average Bonchev–Trinajstić information content (AvgIpc) is 3.45. The normalized spacial score (nSPS) is 23.8. The summed E-state index contributed by atoms with van der Waals surface area (Å²) in [6.07, 6.45) is 5.05. The Morgan fingerprint density at radius 2 is 1.84 bits per heavy atom. The first-order valence-electron chi connectivity index (χ1n) is 16.0. The number of hydrogen-bond donors (Lipinski definition) is 3. The summed E-state index contributed by atoms with van der Waals surface area (Å²) in [6.45, 7) is 8.87. The molecule has 1 aliphatic carbocycles. The largest absolute Gasteiger partial charge is 0.347 e. The lowest BCUT2D eigenvalue weighted by Crippen LogP contribution is -2.58. The number of amides is 4.